The minimum absolute atomic E-state index is 0.240. The number of hydrogen-bond donors (Lipinski definition) is 2. The van der Waals surface area contributed by atoms with Crippen molar-refractivity contribution in [3.63, 3.8) is 0 Å². The molecular weight excluding hydrogens is 417 g/mol. The Morgan fingerprint density at radius 1 is 0.929 bits per heavy atom. The van der Waals surface area contributed by atoms with E-state index < -0.39 is 0 Å². The lowest BCUT2D eigenvalue weighted by atomic mass is 9.88. The summed E-state index contributed by atoms with van der Waals surface area (Å²) in [5, 5.41) is 8.62. The standard InChI is InChI=1S/C21H22Cl3N3O/c22-13-9-16(23)20(17(24)10-13)12-7-14-15-11-26-2-1-19(15)28-21(14)18(8-12)27-5-3-25-4-6-27/h7-10,15,19,25-26H,1-6,11H2. The quantitative estimate of drug-likeness (QED) is 0.720. The second-order valence-electron chi connectivity index (χ2n) is 7.65. The number of benzene rings is 2. The molecule has 148 valence electrons. The lowest BCUT2D eigenvalue weighted by Gasteiger charge is -2.31. The number of nitrogens with one attached hydrogen (secondary N) is 2. The van der Waals surface area contributed by atoms with E-state index in [1.165, 1.54) is 5.56 Å². The van der Waals surface area contributed by atoms with E-state index in [2.05, 4.69) is 27.7 Å². The number of piperazine rings is 1. The molecule has 2 aromatic carbocycles. The lowest BCUT2D eigenvalue weighted by Crippen LogP contribution is -2.43. The largest absolute Gasteiger partial charge is 0.487 e. The van der Waals surface area contributed by atoms with Gasteiger partial charge in [-0.25, -0.2) is 0 Å². The Bertz CT molecular complexity index is 891. The van der Waals surface area contributed by atoms with Crippen molar-refractivity contribution in [1.82, 2.24) is 10.6 Å². The van der Waals surface area contributed by atoms with E-state index >= 15 is 0 Å². The summed E-state index contributed by atoms with van der Waals surface area (Å²) in [7, 11) is 0. The van der Waals surface area contributed by atoms with Gasteiger partial charge in [0.25, 0.3) is 0 Å². The molecule has 2 atom stereocenters. The van der Waals surface area contributed by atoms with Gasteiger partial charge in [-0.2, -0.15) is 0 Å². The lowest BCUT2D eigenvalue weighted by molar-refractivity contribution is 0.172. The summed E-state index contributed by atoms with van der Waals surface area (Å²) < 4.78 is 6.48. The maximum Gasteiger partial charge on any atom is 0.146 e. The maximum absolute atomic E-state index is 6.56. The molecule has 3 heterocycles. The molecule has 28 heavy (non-hydrogen) atoms. The summed E-state index contributed by atoms with van der Waals surface area (Å²) in [6.45, 7) is 5.78. The van der Waals surface area contributed by atoms with Crippen molar-refractivity contribution in [2.24, 2.45) is 0 Å². The van der Waals surface area contributed by atoms with Crippen LogP contribution in [0.2, 0.25) is 15.1 Å². The monoisotopic (exact) mass is 437 g/mol. The predicted molar refractivity (Wildman–Crippen MR) is 117 cm³/mol. The highest BCUT2D eigenvalue weighted by molar-refractivity contribution is 6.41. The van der Waals surface area contributed by atoms with Gasteiger partial charge in [-0.15, -0.1) is 0 Å². The highest BCUT2D eigenvalue weighted by Crippen LogP contribution is 2.50. The third-order valence-corrected chi connectivity index (χ3v) is 6.75. The summed E-state index contributed by atoms with van der Waals surface area (Å²) in [5.41, 5.74) is 4.25. The summed E-state index contributed by atoms with van der Waals surface area (Å²) >= 11 is 19.3. The smallest absolute Gasteiger partial charge is 0.146 e. The summed E-state index contributed by atoms with van der Waals surface area (Å²) in [4.78, 5) is 2.40. The predicted octanol–water partition coefficient (Wildman–Crippen LogP) is 4.56. The van der Waals surface area contributed by atoms with Crippen molar-refractivity contribution in [3.8, 4) is 16.9 Å². The average Bonchev–Trinajstić information content (AvgIpc) is 3.06. The number of ether oxygens (including phenoxy) is 1. The van der Waals surface area contributed by atoms with Crippen LogP contribution in [-0.4, -0.2) is 45.4 Å². The first kappa shape index (κ1) is 18.8. The Morgan fingerprint density at radius 2 is 1.68 bits per heavy atom. The van der Waals surface area contributed by atoms with Gasteiger partial charge in [0, 0.05) is 54.8 Å². The molecule has 2 unspecified atom stereocenters. The molecule has 0 radical (unpaired) electrons. The third-order valence-electron chi connectivity index (χ3n) is 5.94. The van der Waals surface area contributed by atoms with Crippen molar-refractivity contribution in [3.05, 3.63) is 44.9 Å². The Labute approximate surface area is 180 Å². The SMILES string of the molecule is Clc1cc(Cl)c(-c2cc3c(c(N4CCNCC4)c2)OC2CCNCC32)c(Cl)c1. The number of hydrogen-bond acceptors (Lipinski definition) is 4. The Balaban J connectivity index is 1.67. The van der Waals surface area contributed by atoms with Crippen LogP contribution in [0.3, 0.4) is 0 Å². The summed E-state index contributed by atoms with van der Waals surface area (Å²) in [6.07, 6.45) is 1.27. The van der Waals surface area contributed by atoms with Gasteiger partial charge in [0.2, 0.25) is 0 Å². The van der Waals surface area contributed by atoms with E-state index in [1.54, 1.807) is 12.1 Å². The first-order chi connectivity index (χ1) is 13.6. The number of fused-ring (bicyclic) bond motifs is 3. The van der Waals surface area contributed by atoms with Crippen LogP contribution in [0.15, 0.2) is 24.3 Å². The zero-order valence-corrected chi connectivity index (χ0v) is 17.7. The molecule has 3 aliphatic rings. The van der Waals surface area contributed by atoms with Crippen LogP contribution in [0.5, 0.6) is 5.75 Å². The van der Waals surface area contributed by atoms with Crippen molar-refractivity contribution in [2.45, 2.75) is 18.4 Å². The molecule has 2 saturated heterocycles. The molecule has 4 nitrogen and oxygen atoms in total. The molecule has 0 amide bonds. The fourth-order valence-electron chi connectivity index (χ4n) is 4.58. The van der Waals surface area contributed by atoms with Crippen molar-refractivity contribution >= 4 is 40.5 Å². The second kappa shape index (κ2) is 7.58. The number of rotatable bonds is 2. The van der Waals surface area contributed by atoms with Crippen LogP contribution in [0.4, 0.5) is 5.69 Å². The van der Waals surface area contributed by atoms with E-state index in [-0.39, 0.29) is 6.10 Å². The van der Waals surface area contributed by atoms with Crippen molar-refractivity contribution in [2.75, 3.05) is 44.2 Å². The van der Waals surface area contributed by atoms with E-state index in [4.69, 9.17) is 39.5 Å². The summed E-state index contributed by atoms with van der Waals surface area (Å²) in [5.74, 6) is 1.39. The molecule has 3 aliphatic heterocycles. The molecule has 2 aromatic rings. The van der Waals surface area contributed by atoms with Gasteiger partial charge >= 0.3 is 0 Å². The van der Waals surface area contributed by atoms with Gasteiger partial charge in [0.1, 0.15) is 11.9 Å². The van der Waals surface area contributed by atoms with Gasteiger partial charge in [-0.1, -0.05) is 34.8 Å². The van der Waals surface area contributed by atoms with E-state index in [9.17, 15) is 0 Å². The molecule has 7 heteroatoms. The highest BCUT2D eigenvalue weighted by atomic mass is 35.5. The first-order valence-electron chi connectivity index (χ1n) is 9.77. The van der Waals surface area contributed by atoms with Crippen LogP contribution in [0, 0.1) is 0 Å². The number of halogens is 3. The first-order valence-corrected chi connectivity index (χ1v) is 10.9. The molecule has 0 bridgehead atoms. The fourth-order valence-corrected chi connectivity index (χ4v) is 5.61. The molecule has 2 fully saturated rings. The van der Waals surface area contributed by atoms with Gasteiger partial charge < -0.3 is 20.3 Å². The highest BCUT2D eigenvalue weighted by Gasteiger charge is 2.39. The third kappa shape index (κ3) is 3.25. The molecule has 5 rings (SSSR count). The Morgan fingerprint density at radius 3 is 2.43 bits per heavy atom. The van der Waals surface area contributed by atoms with E-state index in [0.29, 0.717) is 21.0 Å². The number of anilines is 1. The maximum atomic E-state index is 6.56. The topological polar surface area (TPSA) is 36.5 Å². The number of nitrogens with zero attached hydrogens (tertiary/aromatic N) is 1. The van der Waals surface area contributed by atoms with E-state index in [0.717, 1.165) is 68.3 Å². The molecule has 0 spiro atoms. The van der Waals surface area contributed by atoms with Crippen LogP contribution < -0.4 is 20.3 Å². The minimum atomic E-state index is 0.240. The second-order valence-corrected chi connectivity index (χ2v) is 8.90. The Hall–Kier alpha value is -1.17. The fraction of sp³-hybridized carbons (Fsp3) is 0.429. The molecule has 2 N–H and O–H groups in total. The van der Waals surface area contributed by atoms with Gasteiger partial charge in [-0.05, 0) is 42.8 Å². The van der Waals surface area contributed by atoms with Crippen LogP contribution in [0.1, 0.15) is 17.9 Å². The summed E-state index contributed by atoms with van der Waals surface area (Å²) in [6, 6.07) is 7.89. The molecular formula is C21H22Cl3N3O. The average molecular weight is 439 g/mol. The van der Waals surface area contributed by atoms with Crippen LogP contribution in [0.25, 0.3) is 11.1 Å². The normalized spacial score (nSPS) is 23.9. The van der Waals surface area contributed by atoms with Crippen molar-refractivity contribution in [1.29, 1.82) is 0 Å². The Kier molecular flexibility index (Phi) is 5.10. The van der Waals surface area contributed by atoms with E-state index in [1.807, 2.05) is 0 Å². The zero-order valence-electron chi connectivity index (χ0n) is 15.4. The van der Waals surface area contributed by atoms with Gasteiger partial charge in [-0.3, -0.25) is 0 Å². The van der Waals surface area contributed by atoms with Gasteiger partial charge in [0.05, 0.1) is 15.7 Å². The van der Waals surface area contributed by atoms with Crippen LogP contribution >= 0.6 is 34.8 Å². The molecule has 0 saturated carbocycles. The zero-order chi connectivity index (χ0) is 19.3. The molecule has 0 aliphatic carbocycles. The van der Waals surface area contributed by atoms with Crippen molar-refractivity contribution < 1.29 is 4.74 Å². The number of piperidine rings is 1. The molecule has 0 aromatic heterocycles. The van der Waals surface area contributed by atoms with Gasteiger partial charge in [0.15, 0.2) is 0 Å². The minimum Gasteiger partial charge on any atom is -0.487 e. The van der Waals surface area contributed by atoms with Crippen LogP contribution in [-0.2, 0) is 0 Å².